The SMILES string of the molecule is CC.CC1(OC(=O)COc2ccc([Te]c3ccc(OCC(=O)OC4(C)C5CC6CC(C5)CC4C6)cc3)cc2)C2CC3CCC(C2)CC1C3.CCC. The summed E-state index contributed by atoms with van der Waals surface area (Å²) >= 11 is -0.599. The van der Waals surface area contributed by atoms with Crippen LogP contribution in [0.1, 0.15) is 119 Å². The molecule has 7 heteroatoms. The first-order valence-electron chi connectivity index (χ1n) is 20.2. The predicted molar refractivity (Wildman–Crippen MR) is 204 cm³/mol. The standard InChI is InChI=1S/C39H48O6Te.C3H8.C2H6/c1-38(28-14-24-3-4-25(16-28)17-29(38)15-24)44-36(40)22-42-32-5-9-34(10-6-32)46-35-11-7-33(8-12-35)43-23-37(41)45-39(2)30-18-26-13-27(20-30)21-31(39)19-26;1-3-2;1-2/h5-12,24-31H,3-4,13-23H2,1-2H3;3H2,1-2H3;1-2H3. The summed E-state index contributed by atoms with van der Waals surface area (Å²) in [6.07, 6.45) is 15.1. The van der Waals surface area contributed by atoms with Crippen LogP contribution in [-0.4, -0.2) is 57.3 Å². The molecule has 0 atom stereocenters. The fraction of sp³-hybridized carbons (Fsp3) is 0.682. The Morgan fingerprint density at radius 1 is 0.569 bits per heavy atom. The summed E-state index contributed by atoms with van der Waals surface area (Å²) in [5, 5.41) is 0. The monoisotopic (exact) mass is 816 g/mol. The van der Waals surface area contributed by atoms with Crippen LogP contribution in [0, 0.1) is 47.3 Å². The van der Waals surface area contributed by atoms with Crippen LogP contribution >= 0.6 is 0 Å². The average molecular weight is 815 g/mol. The topological polar surface area (TPSA) is 71.1 Å². The second-order valence-corrected chi connectivity index (χ2v) is 19.9. The number of hydrogen-bond acceptors (Lipinski definition) is 6. The molecule has 2 aromatic carbocycles. The van der Waals surface area contributed by atoms with Crippen molar-refractivity contribution in [1.29, 1.82) is 0 Å². The number of benzene rings is 2. The molecule has 2 aromatic rings. The van der Waals surface area contributed by atoms with Crippen molar-refractivity contribution in [3.8, 4) is 11.5 Å². The first kappa shape index (κ1) is 38.5. The third kappa shape index (κ3) is 8.78. The molecule has 8 fully saturated rings. The van der Waals surface area contributed by atoms with E-state index in [1.165, 1.54) is 84.3 Å². The van der Waals surface area contributed by atoms with Gasteiger partial charge in [0.2, 0.25) is 0 Å². The zero-order valence-corrected chi connectivity index (χ0v) is 34.3. The third-order valence-corrected chi connectivity index (χ3v) is 16.0. The maximum Gasteiger partial charge on any atom is -0.0590 e. The van der Waals surface area contributed by atoms with Gasteiger partial charge in [0.1, 0.15) is 0 Å². The van der Waals surface area contributed by atoms with Gasteiger partial charge >= 0.3 is 266 Å². The smallest absolute Gasteiger partial charge is 0.0590 e. The van der Waals surface area contributed by atoms with Crippen molar-refractivity contribution < 1.29 is 28.5 Å². The Hall–Kier alpha value is -2.23. The molecule has 6 nitrogen and oxygen atoms in total. The van der Waals surface area contributed by atoms with Gasteiger partial charge in [0.25, 0.3) is 0 Å². The zero-order valence-electron chi connectivity index (χ0n) is 32.0. The van der Waals surface area contributed by atoms with Crippen molar-refractivity contribution in [1.82, 2.24) is 0 Å². The predicted octanol–water partition coefficient (Wildman–Crippen LogP) is 8.45. The summed E-state index contributed by atoms with van der Waals surface area (Å²) in [4.78, 5) is 25.7. The molecule has 280 valence electrons. The van der Waals surface area contributed by atoms with Gasteiger partial charge in [0.15, 0.2) is 0 Å². The summed E-state index contributed by atoms with van der Waals surface area (Å²) in [7, 11) is 0. The van der Waals surface area contributed by atoms with Crippen LogP contribution in [0.5, 0.6) is 11.5 Å². The van der Waals surface area contributed by atoms with Crippen molar-refractivity contribution in [3.63, 3.8) is 0 Å². The van der Waals surface area contributed by atoms with Crippen LogP contribution in [0.4, 0.5) is 0 Å². The molecule has 0 aromatic heterocycles. The second-order valence-electron chi connectivity index (χ2n) is 16.6. The van der Waals surface area contributed by atoms with Gasteiger partial charge in [-0.2, -0.15) is 0 Å². The molecule has 0 unspecified atom stereocenters. The summed E-state index contributed by atoms with van der Waals surface area (Å²) in [6, 6.07) is 16.2. The summed E-state index contributed by atoms with van der Waals surface area (Å²) < 4.78 is 26.6. The fourth-order valence-corrected chi connectivity index (χ4v) is 13.2. The second kappa shape index (κ2) is 16.8. The Labute approximate surface area is 317 Å². The van der Waals surface area contributed by atoms with E-state index in [2.05, 4.69) is 52.0 Å². The Morgan fingerprint density at radius 3 is 1.22 bits per heavy atom. The van der Waals surface area contributed by atoms with E-state index in [0.29, 0.717) is 35.2 Å². The molecule has 0 N–H and O–H groups in total. The molecule has 8 aliphatic rings. The van der Waals surface area contributed by atoms with Crippen LogP contribution < -0.4 is 16.7 Å². The van der Waals surface area contributed by atoms with Gasteiger partial charge in [0.05, 0.1) is 0 Å². The van der Waals surface area contributed by atoms with Gasteiger partial charge in [0, 0.05) is 0 Å². The molecule has 0 aliphatic heterocycles. The molecule has 0 amide bonds. The molecule has 8 aliphatic carbocycles. The minimum atomic E-state index is -0.599. The number of hydrogen-bond donors (Lipinski definition) is 0. The average Bonchev–Trinajstić information content (AvgIpc) is 3.41. The Balaban J connectivity index is 0.000000853. The maximum atomic E-state index is 12.9. The molecule has 0 saturated heterocycles. The van der Waals surface area contributed by atoms with Crippen LogP contribution in [0.25, 0.3) is 0 Å². The van der Waals surface area contributed by atoms with E-state index in [0.717, 1.165) is 23.7 Å². The molecule has 0 radical (unpaired) electrons. The van der Waals surface area contributed by atoms with E-state index >= 15 is 0 Å². The van der Waals surface area contributed by atoms with E-state index in [4.69, 9.17) is 18.9 Å². The normalized spacial score (nSPS) is 35.0. The van der Waals surface area contributed by atoms with Gasteiger partial charge < -0.3 is 0 Å². The van der Waals surface area contributed by atoms with E-state index < -0.39 is 20.9 Å². The molecular formula is C44H62O6Te. The van der Waals surface area contributed by atoms with Crippen LogP contribution in [0.3, 0.4) is 0 Å². The van der Waals surface area contributed by atoms with Gasteiger partial charge in [-0.3, -0.25) is 0 Å². The number of fused-ring (bicyclic) bond motifs is 1. The maximum absolute atomic E-state index is 12.9. The number of ether oxygens (including phenoxy) is 4. The summed E-state index contributed by atoms with van der Waals surface area (Å²) in [5.74, 6) is 6.27. The van der Waals surface area contributed by atoms with Gasteiger partial charge in [-0.1, -0.05) is 47.0 Å². The Kier molecular flexibility index (Phi) is 12.7. The minimum absolute atomic E-state index is 0.0474. The zero-order chi connectivity index (χ0) is 36.2. The molecule has 0 spiro atoms. The largest absolute Gasteiger partial charge is 0.0656 e. The fourth-order valence-electron chi connectivity index (χ4n) is 10.8. The first-order chi connectivity index (χ1) is 24.6. The summed E-state index contributed by atoms with van der Waals surface area (Å²) in [5.41, 5.74) is -0.650. The van der Waals surface area contributed by atoms with Crippen molar-refractivity contribution in [2.24, 2.45) is 47.3 Å². The van der Waals surface area contributed by atoms with E-state index in [1.54, 1.807) is 0 Å². The van der Waals surface area contributed by atoms with Crippen LogP contribution in [0.2, 0.25) is 0 Å². The van der Waals surface area contributed by atoms with E-state index in [-0.39, 0.29) is 36.4 Å². The Bertz CT molecular complexity index is 1390. The molecule has 8 bridgehead atoms. The van der Waals surface area contributed by atoms with Gasteiger partial charge in [-0.05, 0) is 6.42 Å². The number of esters is 2. The molecular weight excluding hydrogens is 752 g/mol. The number of rotatable bonds is 10. The minimum Gasteiger partial charge on any atom is -0.0656 e. The molecule has 8 saturated carbocycles. The van der Waals surface area contributed by atoms with E-state index in [9.17, 15) is 9.59 Å². The molecule has 0 heterocycles. The first-order valence-corrected chi connectivity index (χ1v) is 22.5. The van der Waals surface area contributed by atoms with Crippen LogP contribution in [-0.2, 0) is 19.1 Å². The molecule has 51 heavy (non-hydrogen) atoms. The van der Waals surface area contributed by atoms with E-state index in [1.807, 2.05) is 38.1 Å². The number of carbonyl (C=O) groups is 2. The number of carbonyl (C=O) groups excluding carboxylic acids is 2. The van der Waals surface area contributed by atoms with Crippen molar-refractivity contribution >= 4 is 40.1 Å². The summed E-state index contributed by atoms with van der Waals surface area (Å²) in [6.45, 7) is 12.5. The molecule has 10 rings (SSSR count). The van der Waals surface area contributed by atoms with Gasteiger partial charge in [-0.15, -0.1) is 0 Å². The third-order valence-electron chi connectivity index (χ3n) is 13.1. The van der Waals surface area contributed by atoms with Crippen molar-refractivity contribution in [3.05, 3.63) is 48.5 Å². The van der Waals surface area contributed by atoms with Gasteiger partial charge in [-0.25, -0.2) is 0 Å². The quantitative estimate of drug-likeness (QED) is 0.177. The van der Waals surface area contributed by atoms with Crippen molar-refractivity contribution in [2.45, 2.75) is 130 Å². The Morgan fingerprint density at radius 2 is 0.882 bits per heavy atom. The van der Waals surface area contributed by atoms with Crippen LogP contribution in [0.15, 0.2) is 48.5 Å². The van der Waals surface area contributed by atoms with Crippen molar-refractivity contribution in [2.75, 3.05) is 13.2 Å².